The molecule has 0 N–H and O–H groups in total. The predicted molar refractivity (Wildman–Crippen MR) is 78.6 cm³/mol. The molecule has 0 spiro atoms. The maximum absolute atomic E-state index is 5.73. The summed E-state index contributed by atoms with van der Waals surface area (Å²) in [5.74, 6) is 2.02. The van der Waals surface area contributed by atoms with Crippen molar-refractivity contribution in [2.24, 2.45) is 0 Å². The third kappa shape index (κ3) is 2.58. The van der Waals surface area contributed by atoms with Crippen molar-refractivity contribution in [3.63, 3.8) is 0 Å². The molecular weight excluding hydrogens is 317 g/mol. The van der Waals surface area contributed by atoms with E-state index in [0.29, 0.717) is 11.6 Å². The Morgan fingerprint density at radius 3 is 2.45 bits per heavy atom. The second-order valence-corrected chi connectivity index (χ2v) is 5.20. The van der Waals surface area contributed by atoms with Crippen LogP contribution in [0, 0.1) is 0 Å². The van der Waals surface area contributed by atoms with Gasteiger partial charge in [0.25, 0.3) is 0 Å². The summed E-state index contributed by atoms with van der Waals surface area (Å²) in [6, 6.07) is 11.0. The van der Waals surface area contributed by atoms with Crippen molar-refractivity contribution in [2.45, 2.75) is 0 Å². The summed E-state index contributed by atoms with van der Waals surface area (Å²) >= 11 is 1.41. The Labute approximate surface area is 124 Å². The van der Waals surface area contributed by atoms with E-state index in [1.165, 1.54) is 16.9 Å². The van der Waals surface area contributed by atoms with Gasteiger partial charge in [0.15, 0.2) is 0 Å². The van der Waals surface area contributed by atoms with Crippen molar-refractivity contribution in [3.05, 3.63) is 42.7 Å². The number of hydrogen-bond donors (Lipinski definition) is 0. The molecule has 100 valence electrons. The van der Waals surface area contributed by atoms with E-state index in [0.717, 1.165) is 21.3 Å². The molecule has 0 aliphatic rings. The van der Waals surface area contributed by atoms with Crippen LogP contribution in [0.2, 0.25) is 0 Å². The summed E-state index contributed by atoms with van der Waals surface area (Å²) in [7, 11) is 1.63. The standard InChI is InChI=1S/C14H12AsN3O2/c1-19-9-2-4-10(5-3-9)20-12-7-6-11-13(18-12)14(15)17-8-16-11/h2-8H,15H2,1H3. The number of hydrogen-bond acceptors (Lipinski definition) is 5. The van der Waals surface area contributed by atoms with E-state index in [1.807, 2.05) is 30.3 Å². The van der Waals surface area contributed by atoms with E-state index in [-0.39, 0.29) is 0 Å². The summed E-state index contributed by atoms with van der Waals surface area (Å²) in [4.78, 5) is 12.8. The van der Waals surface area contributed by atoms with Crippen LogP contribution in [0.3, 0.4) is 0 Å². The van der Waals surface area contributed by atoms with Gasteiger partial charge in [-0.25, -0.2) is 0 Å². The number of fused-ring (bicyclic) bond motifs is 1. The Kier molecular flexibility index (Phi) is 3.52. The first kappa shape index (κ1) is 12.9. The summed E-state index contributed by atoms with van der Waals surface area (Å²) < 4.78 is 11.7. The zero-order chi connectivity index (χ0) is 13.9. The Morgan fingerprint density at radius 1 is 0.950 bits per heavy atom. The first-order valence-electron chi connectivity index (χ1n) is 5.95. The topological polar surface area (TPSA) is 57.1 Å². The number of pyridine rings is 1. The fourth-order valence-corrected chi connectivity index (χ4v) is 2.35. The van der Waals surface area contributed by atoms with Gasteiger partial charge in [-0.3, -0.25) is 0 Å². The van der Waals surface area contributed by atoms with Crippen molar-refractivity contribution in [1.29, 1.82) is 0 Å². The summed E-state index contributed by atoms with van der Waals surface area (Å²) in [6.07, 6.45) is 1.55. The van der Waals surface area contributed by atoms with Gasteiger partial charge < -0.3 is 0 Å². The van der Waals surface area contributed by atoms with Crippen molar-refractivity contribution >= 4 is 32.4 Å². The first-order chi connectivity index (χ1) is 9.76. The fraction of sp³-hybridized carbons (Fsp3) is 0.0714. The van der Waals surface area contributed by atoms with Gasteiger partial charge in [-0.15, -0.1) is 0 Å². The molecule has 0 amide bonds. The number of benzene rings is 1. The van der Waals surface area contributed by atoms with E-state index < -0.39 is 0 Å². The summed E-state index contributed by atoms with van der Waals surface area (Å²) in [5.41, 5.74) is 1.60. The van der Waals surface area contributed by atoms with Gasteiger partial charge in [0.05, 0.1) is 0 Å². The second-order valence-electron chi connectivity index (χ2n) is 4.05. The van der Waals surface area contributed by atoms with Crippen LogP contribution in [0.5, 0.6) is 17.4 Å². The predicted octanol–water partition coefficient (Wildman–Crippen LogP) is 1.08. The third-order valence-corrected chi connectivity index (χ3v) is 3.65. The number of aromatic nitrogens is 3. The normalized spacial score (nSPS) is 10.5. The minimum atomic E-state index is 0.524. The molecule has 1 aromatic carbocycles. The average Bonchev–Trinajstić information content (AvgIpc) is 2.49. The van der Waals surface area contributed by atoms with Crippen LogP contribution in [0.25, 0.3) is 11.0 Å². The van der Waals surface area contributed by atoms with Crippen molar-refractivity contribution in [3.8, 4) is 17.4 Å². The summed E-state index contributed by atoms with van der Waals surface area (Å²) in [6.45, 7) is 0. The molecule has 2 heterocycles. The molecule has 1 atom stereocenters. The second kappa shape index (κ2) is 5.47. The van der Waals surface area contributed by atoms with Crippen LogP contribution in [-0.4, -0.2) is 38.9 Å². The Hall–Kier alpha value is -2.13. The molecule has 0 radical (unpaired) electrons. The number of methoxy groups -OCH3 is 1. The van der Waals surface area contributed by atoms with Gasteiger partial charge in [0, 0.05) is 0 Å². The molecule has 0 fully saturated rings. The molecule has 3 aromatic rings. The Balaban J connectivity index is 1.92. The Morgan fingerprint density at radius 2 is 1.70 bits per heavy atom. The maximum atomic E-state index is 5.73. The molecule has 1 unspecified atom stereocenters. The minimum absolute atomic E-state index is 0.524. The number of ether oxygens (including phenoxy) is 2. The third-order valence-electron chi connectivity index (χ3n) is 2.77. The van der Waals surface area contributed by atoms with E-state index in [4.69, 9.17) is 9.47 Å². The van der Waals surface area contributed by atoms with Crippen LogP contribution in [0.1, 0.15) is 0 Å². The molecule has 5 nitrogen and oxygen atoms in total. The van der Waals surface area contributed by atoms with Gasteiger partial charge in [-0.1, -0.05) is 0 Å². The monoisotopic (exact) mass is 329 g/mol. The molecule has 0 aliphatic heterocycles. The van der Waals surface area contributed by atoms with Gasteiger partial charge in [0.1, 0.15) is 0 Å². The van der Waals surface area contributed by atoms with Crippen molar-refractivity contribution < 1.29 is 9.47 Å². The van der Waals surface area contributed by atoms with E-state index >= 15 is 0 Å². The SMILES string of the molecule is COc1ccc(Oc2ccc3ncnc([AsH2])c3n2)cc1. The van der Waals surface area contributed by atoms with Gasteiger partial charge in [0.2, 0.25) is 0 Å². The van der Waals surface area contributed by atoms with E-state index in [9.17, 15) is 0 Å². The number of nitrogens with zero attached hydrogens (tertiary/aromatic N) is 3. The van der Waals surface area contributed by atoms with Crippen LogP contribution in [0.4, 0.5) is 0 Å². The summed E-state index contributed by atoms with van der Waals surface area (Å²) in [5, 5.41) is 0. The molecule has 6 heteroatoms. The van der Waals surface area contributed by atoms with Gasteiger partial charge >= 0.3 is 124 Å². The van der Waals surface area contributed by atoms with E-state index in [1.54, 1.807) is 19.5 Å². The molecule has 3 rings (SSSR count). The van der Waals surface area contributed by atoms with Crippen LogP contribution < -0.4 is 14.0 Å². The average molecular weight is 329 g/mol. The van der Waals surface area contributed by atoms with Crippen LogP contribution in [-0.2, 0) is 0 Å². The molecule has 2 aromatic heterocycles. The van der Waals surface area contributed by atoms with Crippen molar-refractivity contribution in [1.82, 2.24) is 15.0 Å². The van der Waals surface area contributed by atoms with Gasteiger partial charge in [-0.2, -0.15) is 0 Å². The first-order valence-corrected chi connectivity index (χ1v) is 7.16. The quantitative estimate of drug-likeness (QED) is 0.673. The number of rotatable bonds is 3. The van der Waals surface area contributed by atoms with Gasteiger partial charge in [-0.05, 0) is 0 Å². The molecule has 0 saturated heterocycles. The molecule has 0 bridgehead atoms. The zero-order valence-electron chi connectivity index (χ0n) is 10.8. The molecule has 0 aliphatic carbocycles. The molecular formula is C14H12AsN3O2. The van der Waals surface area contributed by atoms with Crippen LogP contribution >= 0.6 is 0 Å². The van der Waals surface area contributed by atoms with Crippen molar-refractivity contribution in [2.75, 3.05) is 7.11 Å². The Bertz CT molecular complexity index is 747. The molecule has 20 heavy (non-hydrogen) atoms. The van der Waals surface area contributed by atoms with Crippen LogP contribution in [0.15, 0.2) is 42.7 Å². The fourth-order valence-electron chi connectivity index (χ4n) is 1.76. The molecule has 0 saturated carbocycles. The zero-order valence-corrected chi connectivity index (χ0v) is 13.2. The van der Waals surface area contributed by atoms with E-state index in [2.05, 4.69) is 15.0 Å².